The van der Waals surface area contributed by atoms with Gasteiger partial charge in [-0.3, -0.25) is 9.59 Å². The van der Waals surface area contributed by atoms with Crippen molar-refractivity contribution in [3.05, 3.63) is 53.8 Å². The summed E-state index contributed by atoms with van der Waals surface area (Å²) in [6.45, 7) is 1.95. The highest BCUT2D eigenvalue weighted by atomic mass is 19.1. The molecule has 1 atom stereocenters. The first-order valence-electron chi connectivity index (χ1n) is 8.19. The van der Waals surface area contributed by atoms with Crippen molar-refractivity contribution in [1.29, 1.82) is 0 Å². The third-order valence-corrected chi connectivity index (χ3v) is 3.71. The van der Waals surface area contributed by atoms with Crippen molar-refractivity contribution in [2.75, 3.05) is 31.3 Å². The second-order valence-electron chi connectivity index (χ2n) is 6.05. The lowest BCUT2D eigenvalue weighted by atomic mass is 10.2. The molecule has 0 aliphatic heterocycles. The Labute approximate surface area is 152 Å². The van der Waals surface area contributed by atoms with Gasteiger partial charge in [0.25, 0.3) is 5.91 Å². The number of likely N-dealkylation sites (N-methyl/N-ethyl adjacent to an activating group) is 1. The van der Waals surface area contributed by atoms with Crippen molar-refractivity contribution < 1.29 is 23.6 Å². The lowest BCUT2D eigenvalue weighted by Crippen LogP contribution is -3.08. The average Bonchev–Trinajstić information content (AvgIpc) is 2.56. The molecule has 0 heterocycles. The van der Waals surface area contributed by atoms with Crippen LogP contribution >= 0.6 is 0 Å². The van der Waals surface area contributed by atoms with E-state index in [1.165, 1.54) is 20.1 Å². The van der Waals surface area contributed by atoms with Gasteiger partial charge in [-0.05, 0) is 24.3 Å². The summed E-state index contributed by atoms with van der Waals surface area (Å²) in [7, 11) is 3.32. The van der Waals surface area contributed by atoms with Gasteiger partial charge in [-0.2, -0.15) is 0 Å². The minimum absolute atomic E-state index is 0.155. The summed E-state index contributed by atoms with van der Waals surface area (Å²) in [5.74, 6) is -0.241. The fourth-order valence-electron chi connectivity index (χ4n) is 2.58. The van der Waals surface area contributed by atoms with Gasteiger partial charge < -0.3 is 20.3 Å². The molecule has 2 aromatic carbocycles. The monoisotopic (exact) mass is 360 g/mol. The zero-order chi connectivity index (χ0) is 19.1. The lowest BCUT2D eigenvalue weighted by Gasteiger charge is -2.16. The predicted molar refractivity (Wildman–Crippen MR) is 97.8 cm³/mol. The molecule has 26 heavy (non-hydrogen) atoms. The van der Waals surface area contributed by atoms with Gasteiger partial charge in [0.05, 0.1) is 19.8 Å². The van der Waals surface area contributed by atoms with Gasteiger partial charge in [0, 0.05) is 18.2 Å². The molecular weight excluding hydrogens is 337 g/mol. The van der Waals surface area contributed by atoms with E-state index in [0.29, 0.717) is 29.2 Å². The summed E-state index contributed by atoms with van der Waals surface area (Å²) in [6, 6.07) is 11.5. The average molecular weight is 360 g/mol. The number of nitrogens with one attached hydrogen (secondary N) is 3. The quantitative estimate of drug-likeness (QED) is 0.700. The maximum atomic E-state index is 13.7. The van der Waals surface area contributed by atoms with E-state index in [2.05, 4.69) is 10.6 Å². The second-order valence-corrected chi connectivity index (χ2v) is 6.05. The van der Waals surface area contributed by atoms with Crippen LogP contribution in [0.25, 0.3) is 0 Å². The van der Waals surface area contributed by atoms with Crippen LogP contribution in [-0.4, -0.2) is 32.5 Å². The fraction of sp³-hybridized carbons (Fsp3) is 0.263. The van der Waals surface area contributed by atoms with Crippen molar-refractivity contribution in [1.82, 2.24) is 0 Å². The molecule has 0 aliphatic carbocycles. The largest absolute Gasteiger partial charge is 0.495 e. The SMILES string of the molecule is COc1ccc(NC(C)=O)cc1NC(=O)C[NH+](C)Cc1ccccc1F. The van der Waals surface area contributed by atoms with Gasteiger partial charge in [0.15, 0.2) is 6.54 Å². The Morgan fingerprint density at radius 1 is 1.15 bits per heavy atom. The van der Waals surface area contributed by atoms with E-state index in [4.69, 9.17) is 4.74 Å². The number of quaternary nitrogens is 1. The molecule has 0 saturated heterocycles. The normalized spacial score (nSPS) is 11.5. The van der Waals surface area contributed by atoms with Crippen LogP contribution in [0.15, 0.2) is 42.5 Å². The predicted octanol–water partition coefficient (Wildman–Crippen LogP) is 1.45. The highest BCUT2D eigenvalue weighted by Crippen LogP contribution is 2.27. The van der Waals surface area contributed by atoms with Crippen molar-refractivity contribution in [3.63, 3.8) is 0 Å². The van der Waals surface area contributed by atoms with Gasteiger partial charge in [0.1, 0.15) is 18.1 Å². The van der Waals surface area contributed by atoms with Gasteiger partial charge in [-0.25, -0.2) is 4.39 Å². The minimum atomic E-state index is -0.281. The van der Waals surface area contributed by atoms with Gasteiger partial charge in [-0.1, -0.05) is 18.2 Å². The Hall–Kier alpha value is -2.93. The Bertz CT molecular complexity index is 795. The smallest absolute Gasteiger partial charge is 0.279 e. The van der Waals surface area contributed by atoms with E-state index in [9.17, 15) is 14.0 Å². The molecule has 7 heteroatoms. The lowest BCUT2D eigenvalue weighted by molar-refractivity contribution is -0.885. The summed E-state index contributed by atoms with van der Waals surface area (Å²) < 4.78 is 19.0. The molecule has 3 N–H and O–H groups in total. The molecule has 0 aliphatic rings. The van der Waals surface area contributed by atoms with Crippen molar-refractivity contribution in [2.45, 2.75) is 13.5 Å². The minimum Gasteiger partial charge on any atom is -0.495 e. The van der Waals surface area contributed by atoms with Gasteiger partial charge in [-0.15, -0.1) is 0 Å². The Balaban J connectivity index is 2.02. The van der Waals surface area contributed by atoms with Crippen molar-refractivity contribution in [2.24, 2.45) is 0 Å². The number of rotatable bonds is 7. The number of amides is 2. The molecule has 0 saturated carbocycles. The standard InChI is InChI=1S/C19H22FN3O3/c1-13(24)21-15-8-9-18(26-3)17(10-15)22-19(25)12-23(2)11-14-6-4-5-7-16(14)20/h4-10H,11-12H2,1-3H3,(H,21,24)(H,22,25)/p+1. The summed E-state index contributed by atoms with van der Waals surface area (Å²) in [5, 5.41) is 5.43. The van der Waals surface area contributed by atoms with Crippen LogP contribution in [0.1, 0.15) is 12.5 Å². The molecule has 0 spiro atoms. The molecule has 0 bridgehead atoms. The molecule has 1 unspecified atom stereocenters. The number of methoxy groups -OCH3 is 1. The number of hydrogen-bond acceptors (Lipinski definition) is 3. The zero-order valence-electron chi connectivity index (χ0n) is 15.1. The molecule has 2 rings (SSSR count). The number of anilines is 2. The molecular formula is C19H23FN3O3+. The van der Waals surface area contributed by atoms with E-state index in [1.54, 1.807) is 36.4 Å². The third kappa shape index (κ3) is 5.56. The number of hydrogen-bond donors (Lipinski definition) is 3. The van der Waals surface area contributed by atoms with Crippen molar-refractivity contribution in [3.8, 4) is 5.75 Å². The zero-order valence-corrected chi connectivity index (χ0v) is 15.1. The number of carbonyl (C=O) groups is 2. The maximum absolute atomic E-state index is 13.7. The first-order valence-corrected chi connectivity index (χ1v) is 8.19. The molecule has 6 nitrogen and oxygen atoms in total. The summed E-state index contributed by atoms with van der Waals surface area (Å²) in [6.07, 6.45) is 0. The first-order chi connectivity index (χ1) is 12.4. The van der Waals surface area contributed by atoms with E-state index < -0.39 is 0 Å². The summed E-state index contributed by atoms with van der Waals surface area (Å²) >= 11 is 0. The topological polar surface area (TPSA) is 71.9 Å². The van der Waals surface area contributed by atoms with E-state index >= 15 is 0 Å². The van der Waals surface area contributed by atoms with E-state index in [0.717, 1.165) is 4.90 Å². The molecule has 0 fully saturated rings. The van der Waals surface area contributed by atoms with E-state index in [-0.39, 0.29) is 24.2 Å². The Morgan fingerprint density at radius 2 is 1.88 bits per heavy atom. The molecule has 2 aromatic rings. The number of ether oxygens (including phenoxy) is 1. The van der Waals surface area contributed by atoms with Crippen LogP contribution in [0.3, 0.4) is 0 Å². The van der Waals surface area contributed by atoms with Crippen LogP contribution < -0.4 is 20.3 Å². The number of benzene rings is 2. The van der Waals surface area contributed by atoms with Crippen LogP contribution in [0, 0.1) is 5.82 Å². The number of carbonyl (C=O) groups excluding carboxylic acids is 2. The fourth-order valence-corrected chi connectivity index (χ4v) is 2.58. The summed E-state index contributed by atoms with van der Waals surface area (Å²) in [4.78, 5) is 24.4. The third-order valence-electron chi connectivity index (χ3n) is 3.71. The van der Waals surface area contributed by atoms with Crippen LogP contribution in [0.4, 0.5) is 15.8 Å². The van der Waals surface area contributed by atoms with Crippen molar-refractivity contribution >= 4 is 23.2 Å². The molecule has 138 valence electrons. The Morgan fingerprint density at radius 3 is 2.54 bits per heavy atom. The molecule has 2 amide bonds. The molecule has 0 aromatic heterocycles. The maximum Gasteiger partial charge on any atom is 0.279 e. The first kappa shape index (κ1) is 19.4. The molecule has 0 radical (unpaired) electrons. The van der Waals surface area contributed by atoms with Crippen LogP contribution in [0.2, 0.25) is 0 Å². The van der Waals surface area contributed by atoms with E-state index in [1.807, 2.05) is 7.05 Å². The highest BCUT2D eigenvalue weighted by molar-refractivity contribution is 5.95. The Kier molecular flexibility index (Phi) is 6.68. The second kappa shape index (κ2) is 8.96. The van der Waals surface area contributed by atoms with Crippen LogP contribution in [-0.2, 0) is 16.1 Å². The number of halogens is 1. The van der Waals surface area contributed by atoms with Gasteiger partial charge in [0.2, 0.25) is 5.91 Å². The van der Waals surface area contributed by atoms with Crippen LogP contribution in [0.5, 0.6) is 5.75 Å². The highest BCUT2D eigenvalue weighted by Gasteiger charge is 2.15. The van der Waals surface area contributed by atoms with Gasteiger partial charge >= 0.3 is 0 Å². The summed E-state index contributed by atoms with van der Waals surface area (Å²) in [5.41, 5.74) is 1.58.